The van der Waals surface area contributed by atoms with E-state index < -0.39 is 0 Å². The Morgan fingerprint density at radius 3 is 2.84 bits per heavy atom. The van der Waals surface area contributed by atoms with Crippen molar-refractivity contribution >= 4 is 17.2 Å². The fourth-order valence-corrected chi connectivity index (χ4v) is 3.49. The molecular formula is C19H21ClN4O. The Morgan fingerprint density at radius 1 is 1.20 bits per heavy atom. The van der Waals surface area contributed by atoms with Crippen LogP contribution in [0, 0.1) is 5.92 Å². The van der Waals surface area contributed by atoms with E-state index in [4.69, 9.17) is 16.3 Å². The third kappa shape index (κ3) is 3.62. The molecule has 0 radical (unpaired) electrons. The number of ether oxygens (including phenoxy) is 1. The summed E-state index contributed by atoms with van der Waals surface area (Å²) in [6, 6.07) is 11.5. The van der Waals surface area contributed by atoms with Crippen molar-refractivity contribution in [3.8, 4) is 17.1 Å². The van der Waals surface area contributed by atoms with Gasteiger partial charge in [0.25, 0.3) is 0 Å². The first-order valence-electron chi connectivity index (χ1n) is 8.61. The largest absolute Gasteiger partial charge is 0.476 e. The molecule has 3 aromatic rings. The maximum atomic E-state index is 5.98. The lowest BCUT2D eigenvalue weighted by Crippen LogP contribution is -2.34. The fourth-order valence-electron chi connectivity index (χ4n) is 3.36. The Labute approximate surface area is 152 Å². The Hall–Kier alpha value is -2.11. The molecule has 130 valence electrons. The van der Waals surface area contributed by atoms with Gasteiger partial charge in [0.1, 0.15) is 0 Å². The number of imidazole rings is 1. The van der Waals surface area contributed by atoms with Crippen LogP contribution < -0.4 is 4.74 Å². The van der Waals surface area contributed by atoms with E-state index in [1.54, 1.807) is 0 Å². The standard InChI is InChI=1S/C19H21ClN4O/c1-23-10-2-3-14(12-23)13-25-19-9-8-18-21-11-17(24(18)22-19)15-4-6-16(20)7-5-15/h4-9,11,14H,2-3,10,12-13H2,1H3. The number of rotatable bonds is 4. The smallest absolute Gasteiger partial charge is 0.231 e. The average Bonchev–Trinajstić information content (AvgIpc) is 3.04. The van der Waals surface area contributed by atoms with Gasteiger partial charge in [-0.2, -0.15) is 0 Å². The summed E-state index contributed by atoms with van der Waals surface area (Å²) in [5.74, 6) is 1.20. The summed E-state index contributed by atoms with van der Waals surface area (Å²) in [5.41, 5.74) is 2.75. The Bertz CT molecular complexity index is 861. The van der Waals surface area contributed by atoms with Crippen LogP contribution in [-0.2, 0) is 0 Å². The van der Waals surface area contributed by atoms with E-state index in [-0.39, 0.29) is 0 Å². The molecule has 0 spiro atoms. The van der Waals surface area contributed by atoms with Gasteiger partial charge in [-0.25, -0.2) is 9.50 Å². The summed E-state index contributed by atoms with van der Waals surface area (Å²) in [6.45, 7) is 2.97. The van der Waals surface area contributed by atoms with Gasteiger partial charge in [0, 0.05) is 29.1 Å². The van der Waals surface area contributed by atoms with Crippen LogP contribution in [0.1, 0.15) is 12.8 Å². The lowest BCUT2D eigenvalue weighted by Gasteiger charge is -2.29. The summed E-state index contributed by atoms with van der Waals surface area (Å²) in [7, 11) is 2.17. The van der Waals surface area contributed by atoms with Crippen LogP contribution in [0.5, 0.6) is 5.88 Å². The quantitative estimate of drug-likeness (QED) is 0.713. The lowest BCUT2D eigenvalue weighted by atomic mass is 10.00. The summed E-state index contributed by atoms with van der Waals surface area (Å²) in [5, 5.41) is 5.34. The van der Waals surface area contributed by atoms with E-state index in [0.29, 0.717) is 23.4 Å². The molecule has 4 rings (SSSR count). The first-order chi connectivity index (χ1) is 12.2. The molecule has 0 amide bonds. The minimum atomic E-state index is 0.565. The van der Waals surface area contributed by atoms with E-state index >= 15 is 0 Å². The molecule has 1 aliphatic rings. The molecule has 0 N–H and O–H groups in total. The molecule has 1 aliphatic heterocycles. The highest BCUT2D eigenvalue weighted by Crippen LogP contribution is 2.23. The van der Waals surface area contributed by atoms with Crippen molar-refractivity contribution in [2.75, 3.05) is 26.7 Å². The zero-order chi connectivity index (χ0) is 17.2. The number of likely N-dealkylation sites (tertiary alicyclic amines) is 1. The molecule has 0 saturated carbocycles. The molecule has 2 aromatic heterocycles. The van der Waals surface area contributed by atoms with Crippen molar-refractivity contribution in [1.29, 1.82) is 0 Å². The van der Waals surface area contributed by atoms with Gasteiger partial charge in [0.15, 0.2) is 5.65 Å². The molecule has 1 saturated heterocycles. The molecule has 0 aliphatic carbocycles. The summed E-state index contributed by atoms with van der Waals surface area (Å²) in [4.78, 5) is 6.79. The number of nitrogens with zero attached hydrogens (tertiary/aromatic N) is 4. The number of fused-ring (bicyclic) bond motifs is 1. The van der Waals surface area contributed by atoms with Crippen molar-refractivity contribution in [2.24, 2.45) is 5.92 Å². The summed E-state index contributed by atoms with van der Waals surface area (Å²) >= 11 is 5.98. The van der Waals surface area contributed by atoms with Crippen LogP contribution in [-0.4, -0.2) is 46.2 Å². The highest BCUT2D eigenvalue weighted by atomic mass is 35.5. The van der Waals surface area contributed by atoms with Gasteiger partial charge >= 0.3 is 0 Å². The Morgan fingerprint density at radius 2 is 2.04 bits per heavy atom. The van der Waals surface area contributed by atoms with E-state index in [1.807, 2.05) is 47.1 Å². The van der Waals surface area contributed by atoms with E-state index in [1.165, 1.54) is 19.4 Å². The second kappa shape index (κ2) is 7.02. The van der Waals surface area contributed by atoms with Crippen molar-refractivity contribution < 1.29 is 4.74 Å². The topological polar surface area (TPSA) is 42.7 Å². The Kier molecular flexibility index (Phi) is 4.59. The predicted octanol–water partition coefficient (Wildman–Crippen LogP) is 3.77. The molecule has 1 fully saturated rings. The maximum Gasteiger partial charge on any atom is 0.231 e. The number of piperidine rings is 1. The van der Waals surface area contributed by atoms with Gasteiger partial charge in [0.05, 0.1) is 18.5 Å². The fraction of sp³-hybridized carbons (Fsp3) is 0.368. The third-order valence-corrected chi connectivity index (χ3v) is 4.92. The van der Waals surface area contributed by atoms with Crippen molar-refractivity contribution in [3.05, 3.63) is 47.6 Å². The van der Waals surface area contributed by atoms with E-state index in [2.05, 4.69) is 22.0 Å². The van der Waals surface area contributed by atoms with Gasteiger partial charge < -0.3 is 9.64 Å². The highest BCUT2D eigenvalue weighted by molar-refractivity contribution is 6.30. The van der Waals surface area contributed by atoms with Crippen molar-refractivity contribution in [1.82, 2.24) is 19.5 Å². The molecule has 0 bridgehead atoms. The first kappa shape index (κ1) is 16.4. The number of benzene rings is 1. The minimum absolute atomic E-state index is 0.565. The number of hydrogen-bond acceptors (Lipinski definition) is 4. The van der Waals surface area contributed by atoms with Gasteiger partial charge in [-0.3, -0.25) is 0 Å². The van der Waals surface area contributed by atoms with Gasteiger partial charge in [-0.15, -0.1) is 5.10 Å². The van der Waals surface area contributed by atoms with Crippen LogP contribution in [0.3, 0.4) is 0 Å². The van der Waals surface area contributed by atoms with Gasteiger partial charge in [-0.1, -0.05) is 23.7 Å². The first-order valence-corrected chi connectivity index (χ1v) is 8.99. The van der Waals surface area contributed by atoms with Crippen molar-refractivity contribution in [3.63, 3.8) is 0 Å². The molecule has 6 heteroatoms. The molecular weight excluding hydrogens is 336 g/mol. The normalized spacial score (nSPS) is 18.6. The molecule has 25 heavy (non-hydrogen) atoms. The maximum absolute atomic E-state index is 5.98. The zero-order valence-electron chi connectivity index (χ0n) is 14.2. The van der Waals surface area contributed by atoms with Crippen LogP contribution >= 0.6 is 11.6 Å². The second-order valence-corrected chi connectivity index (χ2v) is 7.11. The van der Waals surface area contributed by atoms with E-state index in [0.717, 1.165) is 23.4 Å². The van der Waals surface area contributed by atoms with Crippen LogP contribution in [0.25, 0.3) is 16.9 Å². The van der Waals surface area contributed by atoms with Crippen molar-refractivity contribution in [2.45, 2.75) is 12.8 Å². The van der Waals surface area contributed by atoms with Crippen LogP contribution in [0.4, 0.5) is 0 Å². The second-order valence-electron chi connectivity index (χ2n) is 6.67. The number of halogens is 1. The molecule has 3 heterocycles. The molecule has 1 atom stereocenters. The summed E-state index contributed by atoms with van der Waals surface area (Å²) in [6.07, 6.45) is 4.28. The number of aromatic nitrogens is 3. The van der Waals surface area contributed by atoms with E-state index in [9.17, 15) is 0 Å². The number of hydrogen-bond donors (Lipinski definition) is 0. The van der Waals surface area contributed by atoms with Crippen LogP contribution in [0.15, 0.2) is 42.6 Å². The average molecular weight is 357 g/mol. The third-order valence-electron chi connectivity index (χ3n) is 4.67. The molecule has 5 nitrogen and oxygen atoms in total. The minimum Gasteiger partial charge on any atom is -0.476 e. The predicted molar refractivity (Wildman–Crippen MR) is 99.1 cm³/mol. The monoisotopic (exact) mass is 356 g/mol. The zero-order valence-corrected chi connectivity index (χ0v) is 15.0. The Balaban J connectivity index is 1.55. The molecule has 1 aromatic carbocycles. The highest BCUT2D eigenvalue weighted by Gasteiger charge is 2.18. The molecule has 1 unspecified atom stereocenters. The van der Waals surface area contributed by atoms with Gasteiger partial charge in [0.2, 0.25) is 5.88 Å². The summed E-state index contributed by atoms with van der Waals surface area (Å²) < 4.78 is 7.80. The van der Waals surface area contributed by atoms with Gasteiger partial charge in [-0.05, 0) is 44.6 Å². The lowest BCUT2D eigenvalue weighted by molar-refractivity contribution is 0.146. The SMILES string of the molecule is CN1CCCC(COc2ccc3ncc(-c4ccc(Cl)cc4)n3n2)C1. The van der Waals surface area contributed by atoms with Crippen LogP contribution in [0.2, 0.25) is 5.02 Å².